The maximum Gasteiger partial charge on any atom is 0.254 e. The van der Waals surface area contributed by atoms with Crippen LogP contribution in [0.1, 0.15) is 43.0 Å². The minimum atomic E-state index is -3.78. The Morgan fingerprint density at radius 1 is 1.31 bits per heavy atom. The number of sulfonamides is 1. The topological polar surface area (TPSA) is 80.2 Å². The van der Waals surface area contributed by atoms with Crippen LogP contribution in [0.3, 0.4) is 0 Å². The van der Waals surface area contributed by atoms with Crippen molar-refractivity contribution in [2.24, 2.45) is 0 Å². The number of quaternary nitrogens is 1. The summed E-state index contributed by atoms with van der Waals surface area (Å²) in [5, 5.41) is 2.73. The molecular weight excluding hydrogens is 397 g/mol. The van der Waals surface area contributed by atoms with E-state index in [0.717, 1.165) is 31.6 Å². The van der Waals surface area contributed by atoms with Crippen LogP contribution >= 0.6 is 0 Å². The molecule has 29 heavy (non-hydrogen) atoms. The second-order valence-corrected chi connectivity index (χ2v) is 9.76. The largest absolute Gasteiger partial charge is 0.379 e. The van der Waals surface area contributed by atoms with Crippen molar-refractivity contribution in [1.29, 1.82) is 0 Å². The molecule has 0 spiro atoms. The molecule has 2 saturated heterocycles. The standard InChI is InChI=1S/C20H30FN3O4S/c1-16-5-2-3-9-23(16)10-4-8-22-20(25)18-15-17(6-7-19(18)21)29(26,27)24-11-13-28-14-12-24/h6-7,15-16H,2-5,8-14H2,1H3,(H,22,25)/p+1/t16-/m1/s1. The van der Waals surface area contributed by atoms with Gasteiger partial charge < -0.3 is 15.0 Å². The smallest absolute Gasteiger partial charge is 0.254 e. The average Bonchev–Trinajstić information content (AvgIpc) is 2.73. The van der Waals surface area contributed by atoms with Crippen molar-refractivity contribution in [3.05, 3.63) is 29.6 Å². The first-order chi connectivity index (χ1) is 13.9. The molecule has 2 N–H and O–H groups in total. The van der Waals surface area contributed by atoms with Crippen LogP contribution < -0.4 is 10.2 Å². The molecule has 1 amide bonds. The third-order valence-corrected chi connectivity index (χ3v) is 7.73. The predicted molar refractivity (Wildman–Crippen MR) is 107 cm³/mol. The van der Waals surface area contributed by atoms with Gasteiger partial charge in [-0.1, -0.05) is 0 Å². The van der Waals surface area contributed by atoms with Crippen LogP contribution in [0.2, 0.25) is 0 Å². The summed E-state index contributed by atoms with van der Waals surface area (Å²) >= 11 is 0. The van der Waals surface area contributed by atoms with Gasteiger partial charge in [0.1, 0.15) is 5.82 Å². The average molecular weight is 429 g/mol. The molecule has 2 aliphatic heterocycles. The number of benzene rings is 1. The van der Waals surface area contributed by atoms with E-state index in [-0.39, 0.29) is 23.5 Å². The molecule has 2 fully saturated rings. The summed E-state index contributed by atoms with van der Waals surface area (Å²) in [6.45, 7) is 5.96. The highest BCUT2D eigenvalue weighted by Crippen LogP contribution is 2.20. The molecule has 0 bridgehead atoms. The Morgan fingerprint density at radius 3 is 2.79 bits per heavy atom. The van der Waals surface area contributed by atoms with E-state index < -0.39 is 21.7 Å². The summed E-state index contributed by atoms with van der Waals surface area (Å²) in [5.41, 5.74) is -0.238. The lowest BCUT2D eigenvalue weighted by molar-refractivity contribution is -0.928. The monoisotopic (exact) mass is 428 g/mol. The van der Waals surface area contributed by atoms with Crippen molar-refractivity contribution < 1.29 is 27.2 Å². The Labute approximate surface area is 172 Å². The molecule has 1 aromatic rings. The lowest BCUT2D eigenvalue weighted by atomic mass is 10.0. The second kappa shape index (κ2) is 9.97. The summed E-state index contributed by atoms with van der Waals surface area (Å²) in [6, 6.07) is 4.02. The number of amides is 1. The predicted octanol–water partition coefficient (Wildman–Crippen LogP) is 0.424. The Morgan fingerprint density at radius 2 is 2.07 bits per heavy atom. The van der Waals surface area contributed by atoms with Gasteiger partial charge in [0.25, 0.3) is 5.91 Å². The molecule has 3 rings (SSSR count). The van der Waals surface area contributed by atoms with E-state index in [4.69, 9.17) is 4.74 Å². The highest BCUT2D eigenvalue weighted by molar-refractivity contribution is 7.89. The van der Waals surface area contributed by atoms with Crippen LogP contribution in [0.5, 0.6) is 0 Å². The summed E-state index contributed by atoms with van der Waals surface area (Å²) in [6.07, 6.45) is 4.56. The van der Waals surface area contributed by atoms with Crippen molar-refractivity contribution in [1.82, 2.24) is 9.62 Å². The highest BCUT2D eigenvalue weighted by atomic mass is 32.2. The number of morpholine rings is 1. The minimum absolute atomic E-state index is 0.0717. The Kier molecular flexibility index (Phi) is 7.61. The van der Waals surface area contributed by atoms with E-state index in [1.165, 1.54) is 29.6 Å². The van der Waals surface area contributed by atoms with Crippen LogP contribution in [-0.2, 0) is 14.8 Å². The fourth-order valence-electron chi connectivity index (χ4n) is 4.01. The van der Waals surface area contributed by atoms with Crippen LogP contribution in [0.25, 0.3) is 0 Å². The van der Waals surface area contributed by atoms with Gasteiger partial charge in [0, 0.05) is 26.1 Å². The maximum atomic E-state index is 14.2. The molecular formula is C20H31FN3O4S+. The summed E-state index contributed by atoms with van der Waals surface area (Å²) < 4.78 is 46.2. The molecule has 1 unspecified atom stereocenters. The van der Waals surface area contributed by atoms with Crippen molar-refractivity contribution in [2.45, 2.75) is 43.5 Å². The van der Waals surface area contributed by atoms with Gasteiger partial charge in [-0.15, -0.1) is 0 Å². The number of likely N-dealkylation sites (tertiary alicyclic amines) is 1. The number of carbonyl (C=O) groups excluding carboxylic acids is 1. The van der Waals surface area contributed by atoms with Crippen molar-refractivity contribution in [3.8, 4) is 0 Å². The van der Waals surface area contributed by atoms with Gasteiger partial charge >= 0.3 is 0 Å². The van der Waals surface area contributed by atoms with Gasteiger partial charge in [-0.25, -0.2) is 12.8 Å². The molecule has 0 aromatic heterocycles. The molecule has 2 atom stereocenters. The molecule has 9 heteroatoms. The Hall–Kier alpha value is -1.55. The number of rotatable bonds is 7. The zero-order valence-electron chi connectivity index (χ0n) is 17.0. The molecule has 2 aliphatic rings. The first-order valence-electron chi connectivity index (χ1n) is 10.4. The SMILES string of the molecule is C[C@@H]1CCCC[NH+]1CCCNC(=O)c1cc(S(=O)(=O)N2CCOCC2)ccc1F. The first-order valence-corrected chi connectivity index (χ1v) is 11.8. The number of hydrogen-bond acceptors (Lipinski definition) is 4. The zero-order valence-corrected chi connectivity index (χ0v) is 17.8. The van der Waals surface area contributed by atoms with E-state index in [9.17, 15) is 17.6 Å². The number of nitrogens with zero attached hydrogens (tertiary/aromatic N) is 1. The fourth-order valence-corrected chi connectivity index (χ4v) is 5.45. The maximum absolute atomic E-state index is 14.2. The van der Waals surface area contributed by atoms with Crippen molar-refractivity contribution in [2.75, 3.05) is 45.9 Å². The molecule has 0 saturated carbocycles. The second-order valence-electron chi connectivity index (χ2n) is 7.82. The summed E-state index contributed by atoms with van der Waals surface area (Å²) in [5.74, 6) is -1.30. The molecule has 2 heterocycles. The van der Waals surface area contributed by atoms with E-state index in [1.807, 2.05) is 0 Å². The number of halogens is 1. The third kappa shape index (κ3) is 5.53. The number of carbonyl (C=O) groups is 1. The van der Waals surface area contributed by atoms with Gasteiger partial charge in [0.15, 0.2) is 0 Å². The third-order valence-electron chi connectivity index (χ3n) is 5.83. The lowest BCUT2D eigenvalue weighted by Crippen LogP contribution is -3.16. The van der Waals surface area contributed by atoms with Gasteiger partial charge in [-0.3, -0.25) is 4.79 Å². The summed E-state index contributed by atoms with van der Waals surface area (Å²) in [7, 11) is -3.78. The Balaban J connectivity index is 1.59. The lowest BCUT2D eigenvalue weighted by Gasteiger charge is -2.30. The van der Waals surface area contributed by atoms with Gasteiger partial charge in [-0.05, 0) is 44.4 Å². The minimum Gasteiger partial charge on any atom is -0.379 e. The van der Waals surface area contributed by atoms with Crippen molar-refractivity contribution >= 4 is 15.9 Å². The van der Waals surface area contributed by atoms with E-state index in [2.05, 4.69) is 12.2 Å². The molecule has 0 radical (unpaired) electrons. The van der Waals surface area contributed by atoms with Crippen LogP contribution in [0, 0.1) is 5.82 Å². The quantitative estimate of drug-likeness (QED) is 0.617. The summed E-state index contributed by atoms with van der Waals surface area (Å²) in [4.78, 5) is 13.9. The van der Waals surface area contributed by atoms with Crippen LogP contribution in [-0.4, -0.2) is 70.6 Å². The molecule has 0 aliphatic carbocycles. The van der Waals surface area contributed by atoms with Gasteiger partial charge in [-0.2, -0.15) is 4.31 Å². The molecule has 7 nitrogen and oxygen atoms in total. The van der Waals surface area contributed by atoms with Gasteiger partial charge in [0.2, 0.25) is 10.0 Å². The van der Waals surface area contributed by atoms with Crippen LogP contribution in [0.4, 0.5) is 4.39 Å². The van der Waals surface area contributed by atoms with Gasteiger partial charge in [0.05, 0.1) is 42.8 Å². The molecule has 162 valence electrons. The van der Waals surface area contributed by atoms with E-state index in [0.29, 0.717) is 25.8 Å². The number of nitrogens with one attached hydrogen (secondary N) is 2. The molecule has 1 aromatic carbocycles. The van der Waals surface area contributed by atoms with Crippen LogP contribution in [0.15, 0.2) is 23.1 Å². The first kappa shape index (κ1) is 22.1. The van der Waals surface area contributed by atoms with Crippen molar-refractivity contribution in [3.63, 3.8) is 0 Å². The van der Waals surface area contributed by atoms with E-state index in [1.54, 1.807) is 4.90 Å². The number of ether oxygens (including phenoxy) is 1. The van der Waals surface area contributed by atoms with E-state index >= 15 is 0 Å². The Bertz CT molecular complexity index is 812. The number of piperidine rings is 1. The normalized spacial score (nSPS) is 23.7. The zero-order chi connectivity index (χ0) is 20.9. The highest BCUT2D eigenvalue weighted by Gasteiger charge is 2.28. The fraction of sp³-hybridized carbons (Fsp3) is 0.650. The number of hydrogen-bond donors (Lipinski definition) is 2.